The summed E-state index contributed by atoms with van der Waals surface area (Å²) in [4.78, 5) is 16.5. The number of amidine groups is 1. The monoisotopic (exact) mass is 315 g/mol. The number of para-hydroxylation sites is 1. The molecule has 116 valence electrons. The minimum Gasteiger partial charge on any atom is -0.335 e. The summed E-state index contributed by atoms with van der Waals surface area (Å²) in [6, 6.07) is 9.42. The van der Waals surface area contributed by atoms with Crippen molar-refractivity contribution in [3.05, 3.63) is 54.4 Å². The Hall–Kier alpha value is -2.01. The quantitative estimate of drug-likeness (QED) is 0.893. The van der Waals surface area contributed by atoms with E-state index in [0.29, 0.717) is 10.9 Å². The molecule has 1 aliphatic rings. The Balaban J connectivity index is 1.94. The van der Waals surface area contributed by atoms with Gasteiger partial charge >= 0.3 is 0 Å². The molecular weight excluding hydrogens is 294 g/mol. The van der Waals surface area contributed by atoms with E-state index >= 15 is 0 Å². The number of rotatable bonds is 3. The van der Waals surface area contributed by atoms with Gasteiger partial charge in [0.05, 0.1) is 11.4 Å². The number of nitrogens with one attached hydrogen (secondary N) is 2. The fourth-order valence-electron chi connectivity index (χ4n) is 1.81. The lowest BCUT2D eigenvalue weighted by Crippen LogP contribution is -2.26. The molecule has 0 bridgehead atoms. The minimum absolute atomic E-state index is 0.0524. The van der Waals surface area contributed by atoms with Gasteiger partial charge in [0.15, 0.2) is 5.17 Å². The second-order valence-corrected chi connectivity index (χ2v) is 7.01. The standard InChI is InChI=1S/C17H21N3OS/c1-12-10-14(17(2,3)4)20-16(18-12)22-11-15(21)19-13-8-6-5-7-9-13/h5-10H,1,11H2,2-4H3,(H,18,20)(H,19,21). The molecule has 1 heterocycles. The molecule has 0 spiro atoms. The molecule has 2 rings (SSSR count). The number of carbonyl (C=O) groups is 1. The van der Waals surface area contributed by atoms with Gasteiger partial charge in [-0.15, -0.1) is 0 Å². The van der Waals surface area contributed by atoms with Gasteiger partial charge in [0, 0.05) is 16.8 Å². The molecule has 0 aromatic heterocycles. The second kappa shape index (κ2) is 6.83. The number of allylic oxidation sites excluding steroid dienone is 2. The van der Waals surface area contributed by atoms with Crippen LogP contribution in [0.2, 0.25) is 0 Å². The van der Waals surface area contributed by atoms with Crippen molar-refractivity contribution in [2.75, 3.05) is 11.1 Å². The van der Waals surface area contributed by atoms with Crippen molar-refractivity contribution in [2.45, 2.75) is 20.8 Å². The van der Waals surface area contributed by atoms with Crippen molar-refractivity contribution < 1.29 is 4.79 Å². The molecule has 0 radical (unpaired) electrons. The van der Waals surface area contributed by atoms with Crippen LogP contribution in [0, 0.1) is 5.41 Å². The molecule has 0 fully saturated rings. The number of thioether (sulfide) groups is 1. The maximum atomic E-state index is 12.0. The molecule has 22 heavy (non-hydrogen) atoms. The Labute approximate surface area is 135 Å². The summed E-state index contributed by atoms with van der Waals surface area (Å²) >= 11 is 1.37. The number of hydrogen-bond acceptors (Lipinski definition) is 4. The first-order valence-electron chi connectivity index (χ1n) is 7.09. The Morgan fingerprint density at radius 2 is 2.00 bits per heavy atom. The fraction of sp³-hybridized carbons (Fsp3) is 0.294. The smallest absolute Gasteiger partial charge is 0.234 e. The number of hydrogen-bond donors (Lipinski definition) is 2. The molecule has 1 aromatic rings. The third-order valence-electron chi connectivity index (χ3n) is 2.97. The van der Waals surface area contributed by atoms with Crippen molar-refractivity contribution in [1.29, 1.82) is 0 Å². The number of amides is 1. The van der Waals surface area contributed by atoms with E-state index in [1.807, 2.05) is 36.4 Å². The predicted octanol–water partition coefficient (Wildman–Crippen LogP) is 3.76. The summed E-state index contributed by atoms with van der Waals surface area (Å²) in [6.07, 6.45) is 1.94. The highest BCUT2D eigenvalue weighted by molar-refractivity contribution is 8.14. The lowest BCUT2D eigenvalue weighted by atomic mass is 9.91. The van der Waals surface area contributed by atoms with Crippen LogP contribution in [0.15, 0.2) is 59.4 Å². The molecule has 0 aliphatic carbocycles. The summed E-state index contributed by atoms with van der Waals surface area (Å²) in [5, 5.41) is 6.66. The van der Waals surface area contributed by atoms with E-state index in [0.717, 1.165) is 17.1 Å². The number of anilines is 1. The highest BCUT2D eigenvalue weighted by atomic mass is 32.2. The largest absolute Gasteiger partial charge is 0.335 e. The summed E-state index contributed by atoms with van der Waals surface area (Å²) in [6.45, 7) is 10.2. The maximum Gasteiger partial charge on any atom is 0.234 e. The highest BCUT2D eigenvalue weighted by Gasteiger charge is 2.21. The van der Waals surface area contributed by atoms with Crippen LogP contribution in [0.25, 0.3) is 0 Å². The van der Waals surface area contributed by atoms with Crippen LogP contribution in [-0.4, -0.2) is 16.8 Å². The van der Waals surface area contributed by atoms with E-state index in [1.165, 1.54) is 11.8 Å². The van der Waals surface area contributed by atoms with Gasteiger partial charge in [-0.3, -0.25) is 4.79 Å². The van der Waals surface area contributed by atoms with Gasteiger partial charge in [0.2, 0.25) is 5.91 Å². The van der Waals surface area contributed by atoms with Gasteiger partial charge in [-0.1, -0.05) is 57.3 Å². The number of carbonyl (C=O) groups excluding carboxylic acids is 1. The summed E-state index contributed by atoms with van der Waals surface area (Å²) < 4.78 is 0. The van der Waals surface area contributed by atoms with Gasteiger partial charge in [-0.2, -0.15) is 0 Å². The van der Waals surface area contributed by atoms with Crippen molar-refractivity contribution in [3.63, 3.8) is 0 Å². The topological polar surface area (TPSA) is 53.5 Å². The molecular formula is C17H21N3OS. The van der Waals surface area contributed by atoms with Gasteiger partial charge in [0.25, 0.3) is 0 Å². The normalized spacial score (nSPS) is 14.8. The van der Waals surface area contributed by atoms with Crippen LogP contribution in [-0.2, 0) is 4.79 Å². The van der Waals surface area contributed by atoms with Crippen LogP contribution < -0.4 is 10.6 Å². The lowest BCUT2D eigenvalue weighted by molar-refractivity contribution is -0.113. The molecule has 1 aromatic carbocycles. The molecule has 4 nitrogen and oxygen atoms in total. The predicted molar refractivity (Wildman–Crippen MR) is 94.8 cm³/mol. The molecule has 0 saturated carbocycles. The fourth-order valence-corrected chi connectivity index (χ4v) is 2.52. The zero-order chi connectivity index (χ0) is 16.2. The zero-order valence-electron chi connectivity index (χ0n) is 13.1. The maximum absolute atomic E-state index is 12.0. The van der Waals surface area contributed by atoms with Crippen LogP contribution >= 0.6 is 11.8 Å². The van der Waals surface area contributed by atoms with E-state index in [2.05, 4.69) is 43.0 Å². The molecule has 1 aliphatic heterocycles. The number of aliphatic imine (C=N–C) groups is 1. The van der Waals surface area contributed by atoms with Gasteiger partial charge in [-0.25, -0.2) is 4.99 Å². The van der Waals surface area contributed by atoms with Gasteiger partial charge in [-0.05, 0) is 18.2 Å². The summed E-state index contributed by atoms with van der Waals surface area (Å²) in [7, 11) is 0. The SMILES string of the molecule is C=C1C=C(C(C)(C)C)N=C(SCC(=O)Nc2ccccc2)N1. The summed E-state index contributed by atoms with van der Waals surface area (Å²) in [5.74, 6) is 0.240. The average molecular weight is 315 g/mol. The van der Waals surface area contributed by atoms with Crippen LogP contribution in [0.1, 0.15) is 20.8 Å². The summed E-state index contributed by atoms with van der Waals surface area (Å²) in [5.41, 5.74) is 2.50. The average Bonchev–Trinajstić information content (AvgIpc) is 2.45. The van der Waals surface area contributed by atoms with Gasteiger partial charge in [0.1, 0.15) is 0 Å². The van der Waals surface area contributed by atoms with Crippen LogP contribution in [0.5, 0.6) is 0 Å². The minimum atomic E-state index is -0.0572. The van der Waals surface area contributed by atoms with E-state index < -0.39 is 0 Å². The molecule has 1 amide bonds. The van der Waals surface area contributed by atoms with E-state index in [4.69, 9.17) is 0 Å². The van der Waals surface area contributed by atoms with Gasteiger partial charge < -0.3 is 10.6 Å². The van der Waals surface area contributed by atoms with E-state index in [1.54, 1.807) is 0 Å². The first kappa shape index (κ1) is 16.4. The third-order valence-corrected chi connectivity index (χ3v) is 3.84. The molecule has 0 saturated heterocycles. The van der Waals surface area contributed by atoms with Crippen LogP contribution in [0.4, 0.5) is 5.69 Å². The first-order chi connectivity index (χ1) is 10.3. The van der Waals surface area contributed by atoms with Crippen molar-refractivity contribution in [3.8, 4) is 0 Å². The Morgan fingerprint density at radius 3 is 2.64 bits per heavy atom. The Kier molecular flexibility index (Phi) is 5.08. The number of nitrogens with zero attached hydrogens (tertiary/aromatic N) is 1. The second-order valence-electron chi connectivity index (χ2n) is 6.05. The third kappa shape index (κ3) is 4.77. The first-order valence-corrected chi connectivity index (χ1v) is 8.07. The molecule has 0 atom stereocenters. The van der Waals surface area contributed by atoms with E-state index in [-0.39, 0.29) is 11.3 Å². The van der Waals surface area contributed by atoms with Crippen LogP contribution in [0.3, 0.4) is 0 Å². The lowest BCUT2D eigenvalue weighted by Gasteiger charge is -2.24. The Bertz CT molecular complexity index is 627. The zero-order valence-corrected chi connectivity index (χ0v) is 14.0. The molecule has 2 N–H and O–H groups in total. The van der Waals surface area contributed by atoms with Crippen molar-refractivity contribution in [1.82, 2.24) is 5.32 Å². The van der Waals surface area contributed by atoms with Crippen molar-refractivity contribution in [2.24, 2.45) is 10.4 Å². The van der Waals surface area contributed by atoms with E-state index in [9.17, 15) is 4.79 Å². The molecule has 5 heteroatoms. The highest BCUT2D eigenvalue weighted by Crippen LogP contribution is 2.29. The number of benzene rings is 1. The molecule has 0 unspecified atom stereocenters. The van der Waals surface area contributed by atoms with Crippen molar-refractivity contribution >= 4 is 28.5 Å². The Morgan fingerprint density at radius 1 is 1.32 bits per heavy atom.